The van der Waals surface area contributed by atoms with Gasteiger partial charge in [-0.15, -0.1) is 13.2 Å². The first-order chi connectivity index (χ1) is 12.7. The zero-order valence-corrected chi connectivity index (χ0v) is 14.4. The van der Waals surface area contributed by atoms with E-state index in [4.69, 9.17) is 5.73 Å². The van der Waals surface area contributed by atoms with Gasteiger partial charge in [-0.2, -0.15) is 4.98 Å². The fourth-order valence-corrected chi connectivity index (χ4v) is 2.07. The van der Waals surface area contributed by atoms with Gasteiger partial charge >= 0.3 is 12.4 Å². The Morgan fingerprint density at radius 1 is 1.22 bits per heavy atom. The summed E-state index contributed by atoms with van der Waals surface area (Å²) in [6, 6.07) is 5.90. The van der Waals surface area contributed by atoms with Crippen molar-refractivity contribution in [1.29, 1.82) is 0 Å². The van der Waals surface area contributed by atoms with E-state index in [1.165, 1.54) is 12.1 Å². The number of carbonyl (C=O) groups excluding carboxylic acids is 1. The Kier molecular flexibility index (Phi) is 6.77. The van der Waals surface area contributed by atoms with Crippen LogP contribution in [0.25, 0.3) is 0 Å². The number of nitrogens with two attached hydrogens (primary N) is 1. The molecule has 0 spiro atoms. The minimum atomic E-state index is -4.82. The number of nitrogens with one attached hydrogen (secondary N) is 3. The van der Waals surface area contributed by atoms with Gasteiger partial charge in [0, 0.05) is 30.1 Å². The number of aromatic nitrogens is 2. The predicted octanol–water partition coefficient (Wildman–Crippen LogP) is 3.09. The van der Waals surface area contributed by atoms with E-state index in [1.807, 2.05) is 0 Å². The molecule has 2 rings (SSSR count). The summed E-state index contributed by atoms with van der Waals surface area (Å²) in [6.07, 6.45) is -4.06. The maximum Gasteiger partial charge on any atom is 0.573 e. The highest BCUT2D eigenvalue weighted by Crippen LogP contribution is 2.25. The second kappa shape index (κ2) is 9.03. The molecule has 0 saturated heterocycles. The van der Waals surface area contributed by atoms with E-state index < -0.39 is 18.1 Å². The van der Waals surface area contributed by atoms with Crippen molar-refractivity contribution in [3.05, 3.63) is 36.0 Å². The van der Waals surface area contributed by atoms with Crippen LogP contribution in [0.3, 0.4) is 0 Å². The Balaban J connectivity index is 2.00. The molecule has 27 heavy (non-hydrogen) atoms. The maximum atomic E-state index is 12.3. The topological polar surface area (TPSA) is 114 Å². The average molecular weight is 384 g/mol. The molecule has 1 heterocycles. The molecule has 0 aliphatic heterocycles. The van der Waals surface area contributed by atoms with Gasteiger partial charge in [0.15, 0.2) is 0 Å². The predicted molar refractivity (Wildman–Crippen MR) is 94.7 cm³/mol. The van der Waals surface area contributed by atoms with E-state index in [2.05, 4.69) is 30.7 Å². The van der Waals surface area contributed by atoms with Crippen LogP contribution >= 0.6 is 0 Å². The lowest BCUT2D eigenvalue weighted by Crippen LogP contribution is -2.22. The molecule has 0 unspecified atom stereocenters. The number of nitrogens with zero attached hydrogens (tertiary/aromatic N) is 2. The van der Waals surface area contributed by atoms with Gasteiger partial charge in [0.05, 0.1) is 0 Å². The SMILES string of the molecule is Cc1cc(NCCCN)nc(NC(=O)Nc2cccc(OC(F)(F)F)c2)n1. The highest BCUT2D eigenvalue weighted by Gasteiger charge is 2.31. The second-order valence-corrected chi connectivity index (χ2v) is 5.44. The molecule has 8 nitrogen and oxygen atoms in total. The summed E-state index contributed by atoms with van der Waals surface area (Å²) in [6.45, 7) is 2.88. The fourth-order valence-electron chi connectivity index (χ4n) is 2.07. The van der Waals surface area contributed by atoms with Gasteiger partial charge in [-0.3, -0.25) is 5.32 Å². The van der Waals surface area contributed by atoms with Crippen molar-refractivity contribution in [3.8, 4) is 5.75 Å². The van der Waals surface area contributed by atoms with Gasteiger partial charge in [0.2, 0.25) is 5.95 Å². The summed E-state index contributed by atoms with van der Waals surface area (Å²) < 4.78 is 40.6. The molecular weight excluding hydrogens is 365 g/mol. The van der Waals surface area contributed by atoms with Crippen LogP contribution < -0.4 is 26.4 Å². The molecule has 0 aliphatic rings. The molecule has 146 valence electrons. The summed E-state index contributed by atoms with van der Waals surface area (Å²) in [5.74, 6) is 0.121. The Hall–Kier alpha value is -3.08. The molecule has 11 heteroatoms. The van der Waals surface area contributed by atoms with Crippen LogP contribution in [0.5, 0.6) is 5.75 Å². The summed E-state index contributed by atoms with van der Waals surface area (Å²) in [7, 11) is 0. The summed E-state index contributed by atoms with van der Waals surface area (Å²) >= 11 is 0. The van der Waals surface area contributed by atoms with Gasteiger partial charge in [-0.05, 0) is 32.0 Å². The zero-order chi connectivity index (χ0) is 19.9. The van der Waals surface area contributed by atoms with Crippen LogP contribution in [0.15, 0.2) is 30.3 Å². The summed E-state index contributed by atoms with van der Waals surface area (Å²) in [5, 5.41) is 7.88. The first-order valence-corrected chi connectivity index (χ1v) is 7.98. The number of carbonyl (C=O) groups is 1. The van der Waals surface area contributed by atoms with E-state index >= 15 is 0 Å². The number of halogens is 3. The molecule has 0 aliphatic carbocycles. The van der Waals surface area contributed by atoms with Crippen molar-refractivity contribution in [2.75, 3.05) is 29.0 Å². The quantitative estimate of drug-likeness (QED) is 0.546. The van der Waals surface area contributed by atoms with Gasteiger partial charge in [-0.1, -0.05) is 6.07 Å². The lowest BCUT2D eigenvalue weighted by molar-refractivity contribution is -0.274. The molecule has 0 fully saturated rings. The summed E-state index contributed by atoms with van der Waals surface area (Å²) in [5.41, 5.74) is 6.16. The number of aryl methyl sites for hydroxylation is 1. The molecule has 0 radical (unpaired) electrons. The summed E-state index contributed by atoms with van der Waals surface area (Å²) in [4.78, 5) is 20.3. The highest BCUT2D eigenvalue weighted by molar-refractivity contribution is 5.98. The third-order valence-corrected chi connectivity index (χ3v) is 3.09. The van der Waals surface area contributed by atoms with Crippen molar-refractivity contribution in [2.24, 2.45) is 5.73 Å². The first kappa shape index (κ1) is 20.2. The number of ether oxygens (including phenoxy) is 1. The van der Waals surface area contributed by atoms with E-state index in [1.54, 1.807) is 13.0 Å². The normalized spacial score (nSPS) is 11.0. The van der Waals surface area contributed by atoms with Crippen molar-refractivity contribution >= 4 is 23.5 Å². The van der Waals surface area contributed by atoms with Gasteiger partial charge < -0.3 is 21.1 Å². The standard InChI is InChI=1S/C16H19F3N6O2/c1-10-8-13(21-7-3-6-20)24-14(22-10)25-15(26)23-11-4-2-5-12(9-11)27-16(17,18)19/h2,4-5,8-9H,3,6-7,20H2,1H3,(H3,21,22,23,24,25,26). The lowest BCUT2D eigenvalue weighted by Gasteiger charge is -2.12. The molecule has 0 atom stereocenters. The van der Waals surface area contributed by atoms with Gasteiger partial charge in [0.25, 0.3) is 0 Å². The third kappa shape index (κ3) is 7.36. The monoisotopic (exact) mass is 384 g/mol. The smallest absolute Gasteiger partial charge is 0.406 e. The Labute approximate surface area is 153 Å². The minimum Gasteiger partial charge on any atom is -0.406 e. The Morgan fingerprint density at radius 2 is 2.00 bits per heavy atom. The molecule has 1 aromatic heterocycles. The van der Waals surface area contributed by atoms with E-state index in [9.17, 15) is 18.0 Å². The maximum absolute atomic E-state index is 12.3. The van der Waals surface area contributed by atoms with Crippen LogP contribution in [-0.2, 0) is 0 Å². The number of hydrogen-bond acceptors (Lipinski definition) is 6. The van der Waals surface area contributed by atoms with Crippen molar-refractivity contribution in [2.45, 2.75) is 19.7 Å². The van der Waals surface area contributed by atoms with Crippen molar-refractivity contribution in [1.82, 2.24) is 9.97 Å². The number of urea groups is 1. The van der Waals surface area contributed by atoms with Crippen LogP contribution in [0.1, 0.15) is 12.1 Å². The highest BCUT2D eigenvalue weighted by atomic mass is 19.4. The van der Waals surface area contributed by atoms with Crippen molar-refractivity contribution < 1.29 is 22.7 Å². The zero-order valence-electron chi connectivity index (χ0n) is 14.4. The third-order valence-electron chi connectivity index (χ3n) is 3.09. The molecular formula is C16H19F3N6O2. The number of rotatable bonds is 7. The van der Waals surface area contributed by atoms with Gasteiger partial charge in [0.1, 0.15) is 11.6 Å². The number of anilines is 3. The minimum absolute atomic E-state index is 0.0467. The molecule has 1 aromatic carbocycles. The number of benzene rings is 1. The fraction of sp³-hybridized carbons (Fsp3) is 0.312. The second-order valence-electron chi connectivity index (χ2n) is 5.44. The first-order valence-electron chi connectivity index (χ1n) is 7.98. The van der Waals surface area contributed by atoms with Crippen LogP contribution in [0, 0.1) is 6.92 Å². The largest absolute Gasteiger partial charge is 0.573 e. The van der Waals surface area contributed by atoms with E-state index in [0.29, 0.717) is 24.6 Å². The van der Waals surface area contributed by atoms with E-state index in [0.717, 1.165) is 18.6 Å². The average Bonchev–Trinajstić information content (AvgIpc) is 2.53. The molecule has 2 aromatic rings. The Bertz CT molecular complexity index is 785. The van der Waals surface area contributed by atoms with Crippen molar-refractivity contribution in [3.63, 3.8) is 0 Å². The molecule has 0 bridgehead atoms. The lowest BCUT2D eigenvalue weighted by atomic mass is 10.3. The molecule has 5 N–H and O–H groups in total. The van der Waals surface area contributed by atoms with E-state index in [-0.39, 0.29) is 11.6 Å². The Morgan fingerprint density at radius 3 is 2.70 bits per heavy atom. The molecule has 0 saturated carbocycles. The number of hydrogen-bond donors (Lipinski definition) is 4. The van der Waals surface area contributed by atoms with Crippen LogP contribution in [0.2, 0.25) is 0 Å². The van der Waals surface area contributed by atoms with Crippen LogP contribution in [0.4, 0.5) is 35.4 Å². The number of amides is 2. The molecule has 2 amide bonds. The van der Waals surface area contributed by atoms with Crippen LogP contribution in [-0.4, -0.2) is 35.5 Å². The van der Waals surface area contributed by atoms with Gasteiger partial charge in [-0.25, -0.2) is 9.78 Å². The number of alkyl halides is 3.